The number of carbonyl (C=O) groups excluding carboxylic acids is 1. The van der Waals surface area contributed by atoms with Crippen LogP contribution in [0.3, 0.4) is 0 Å². The number of nitrogens with zero attached hydrogens (tertiary/aromatic N) is 1. The number of halogens is 1. The van der Waals surface area contributed by atoms with Crippen LogP contribution in [0.1, 0.15) is 34.5 Å². The zero-order valence-electron chi connectivity index (χ0n) is 19.4. The zero-order valence-corrected chi connectivity index (χ0v) is 21.0. The average molecular weight is 501 g/mol. The number of nitrogens with one attached hydrogen (secondary N) is 1. The van der Waals surface area contributed by atoms with Gasteiger partial charge in [0.05, 0.1) is 15.9 Å². The SMILES string of the molecule is C[C@H](Cc1ccc(S(=O)(=O)c2ccc(C(=O)N(C)C)cc2)cc1)NC[C@H](O)c1cccc(Cl)c1. The molecular weight excluding hydrogens is 472 g/mol. The molecule has 0 bridgehead atoms. The first-order valence-electron chi connectivity index (χ1n) is 10.9. The topological polar surface area (TPSA) is 86.7 Å². The van der Waals surface area contributed by atoms with Crippen molar-refractivity contribution >= 4 is 27.3 Å². The van der Waals surface area contributed by atoms with Gasteiger partial charge >= 0.3 is 0 Å². The van der Waals surface area contributed by atoms with Crippen LogP contribution >= 0.6 is 11.6 Å². The van der Waals surface area contributed by atoms with Gasteiger partial charge in [-0.25, -0.2) is 8.42 Å². The van der Waals surface area contributed by atoms with Crippen molar-refractivity contribution in [2.24, 2.45) is 0 Å². The van der Waals surface area contributed by atoms with E-state index in [0.29, 0.717) is 23.6 Å². The van der Waals surface area contributed by atoms with Crippen LogP contribution in [-0.2, 0) is 16.3 Å². The van der Waals surface area contributed by atoms with E-state index < -0.39 is 15.9 Å². The number of amides is 1. The largest absolute Gasteiger partial charge is 0.387 e. The van der Waals surface area contributed by atoms with Crippen molar-refractivity contribution in [1.82, 2.24) is 10.2 Å². The molecular formula is C26H29ClN2O4S. The Morgan fingerprint density at radius 1 is 1.00 bits per heavy atom. The number of benzene rings is 3. The van der Waals surface area contributed by atoms with E-state index in [0.717, 1.165) is 11.1 Å². The lowest BCUT2D eigenvalue weighted by Crippen LogP contribution is -2.32. The minimum Gasteiger partial charge on any atom is -0.387 e. The quantitative estimate of drug-likeness (QED) is 0.461. The molecule has 1 amide bonds. The smallest absolute Gasteiger partial charge is 0.253 e. The van der Waals surface area contributed by atoms with Crippen LogP contribution < -0.4 is 5.32 Å². The maximum absolute atomic E-state index is 13.0. The molecule has 0 aliphatic rings. The van der Waals surface area contributed by atoms with Crippen LogP contribution in [0.4, 0.5) is 0 Å². The summed E-state index contributed by atoms with van der Waals surface area (Å²) in [6, 6.07) is 19.9. The first kappa shape index (κ1) is 25.9. The Labute approximate surface area is 206 Å². The molecule has 6 nitrogen and oxygen atoms in total. The van der Waals surface area contributed by atoms with Gasteiger partial charge in [-0.3, -0.25) is 4.79 Å². The van der Waals surface area contributed by atoms with Crippen molar-refractivity contribution in [2.75, 3.05) is 20.6 Å². The fourth-order valence-corrected chi connectivity index (χ4v) is 5.01. The molecule has 34 heavy (non-hydrogen) atoms. The highest BCUT2D eigenvalue weighted by Gasteiger charge is 2.19. The molecule has 8 heteroatoms. The van der Waals surface area contributed by atoms with Gasteiger partial charge in [0.1, 0.15) is 0 Å². The second-order valence-corrected chi connectivity index (χ2v) is 10.8. The van der Waals surface area contributed by atoms with Crippen molar-refractivity contribution in [2.45, 2.75) is 35.3 Å². The van der Waals surface area contributed by atoms with E-state index in [1.54, 1.807) is 56.6 Å². The third-order valence-corrected chi connectivity index (χ3v) is 7.51. The summed E-state index contributed by atoms with van der Waals surface area (Å²) in [5, 5.41) is 14.2. The van der Waals surface area contributed by atoms with Gasteiger partial charge in [0.15, 0.2) is 0 Å². The second-order valence-electron chi connectivity index (χ2n) is 8.46. The van der Waals surface area contributed by atoms with Crippen LogP contribution in [0.15, 0.2) is 82.6 Å². The van der Waals surface area contributed by atoms with Crippen LogP contribution in [-0.4, -0.2) is 51.0 Å². The first-order valence-corrected chi connectivity index (χ1v) is 12.8. The summed E-state index contributed by atoms with van der Waals surface area (Å²) >= 11 is 5.98. The number of aliphatic hydroxyl groups excluding tert-OH is 1. The standard InChI is InChI=1S/C26H29ClN2O4S/c1-18(28-17-25(30)21-5-4-6-22(27)16-21)15-19-7-11-23(12-8-19)34(32,33)24-13-9-20(10-14-24)26(31)29(2)3/h4-14,16,18,25,28,30H,15,17H2,1-3H3/t18-,25+/m1/s1. The van der Waals surface area contributed by atoms with Gasteiger partial charge in [-0.2, -0.15) is 0 Å². The predicted octanol–water partition coefficient (Wildman–Crippen LogP) is 4.13. The predicted molar refractivity (Wildman–Crippen MR) is 134 cm³/mol. The Kier molecular flexibility index (Phi) is 8.49. The number of rotatable bonds is 9. The van der Waals surface area contributed by atoms with Crippen molar-refractivity contribution < 1.29 is 18.3 Å². The minimum absolute atomic E-state index is 0.0677. The number of carbonyl (C=O) groups is 1. The van der Waals surface area contributed by atoms with E-state index in [1.807, 2.05) is 13.0 Å². The maximum Gasteiger partial charge on any atom is 0.253 e. The number of hydrogen-bond donors (Lipinski definition) is 2. The molecule has 0 radical (unpaired) electrons. The molecule has 0 spiro atoms. The molecule has 0 fully saturated rings. The minimum atomic E-state index is -3.69. The van der Waals surface area contributed by atoms with Gasteiger partial charge < -0.3 is 15.3 Å². The molecule has 3 rings (SSSR count). The summed E-state index contributed by atoms with van der Waals surface area (Å²) in [7, 11) is -0.397. The average Bonchev–Trinajstić information content (AvgIpc) is 2.82. The molecule has 0 saturated heterocycles. The van der Waals surface area contributed by atoms with Crippen LogP contribution in [0, 0.1) is 0 Å². The molecule has 2 atom stereocenters. The van der Waals surface area contributed by atoms with Crippen LogP contribution in [0.5, 0.6) is 0 Å². The van der Waals surface area contributed by atoms with Gasteiger partial charge in [-0.15, -0.1) is 0 Å². The summed E-state index contributed by atoms with van der Waals surface area (Å²) in [6.07, 6.45) is -0.00250. The molecule has 2 N–H and O–H groups in total. The van der Waals surface area contributed by atoms with E-state index in [2.05, 4.69) is 5.32 Å². The van der Waals surface area contributed by atoms with Crippen molar-refractivity contribution in [3.63, 3.8) is 0 Å². The summed E-state index contributed by atoms with van der Waals surface area (Å²) in [6.45, 7) is 2.38. The molecule has 0 unspecified atom stereocenters. The molecule has 3 aromatic carbocycles. The first-order chi connectivity index (χ1) is 16.1. The molecule has 180 valence electrons. The molecule has 3 aromatic rings. The third-order valence-electron chi connectivity index (χ3n) is 5.49. The van der Waals surface area contributed by atoms with E-state index in [9.17, 15) is 18.3 Å². The number of hydrogen-bond acceptors (Lipinski definition) is 5. The van der Waals surface area contributed by atoms with Crippen LogP contribution in [0.25, 0.3) is 0 Å². The van der Waals surface area contributed by atoms with Gasteiger partial charge in [-0.05, 0) is 73.0 Å². The lowest BCUT2D eigenvalue weighted by molar-refractivity contribution is 0.0827. The Balaban J connectivity index is 1.61. The fraction of sp³-hybridized carbons (Fsp3) is 0.269. The van der Waals surface area contributed by atoms with Gasteiger partial charge in [0.25, 0.3) is 5.91 Å². The lowest BCUT2D eigenvalue weighted by Gasteiger charge is -2.18. The lowest BCUT2D eigenvalue weighted by atomic mass is 10.1. The third kappa shape index (κ3) is 6.45. The van der Waals surface area contributed by atoms with E-state index >= 15 is 0 Å². The molecule has 0 aromatic heterocycles. The molecule has 0 aliphatic carbocycles. The highest BCUT2D eigenvalue weighted by atomic mass is 35.5. The highest BCUT2D eigenvalue weighted by Crippen LogP contribution is 2.22. The fourth-order valence-electron chi connectivity index (χ4n) is 3.55. The number of aliphatic hydroxyl groups is 1. The van der Waals surface area contributed by atoms with E-state index in [-0.39, 0.29) is 21.7 Å². The maximum atomic E-state index is 13.0. The van der Waals surface area contributed by atoms with Crippen molar-refractivity contribution in [3.05, 3.63) is 94.5 Å². The summed E-state index contributed by atoms with van der Waals surface area (Å²) in [4.78, 5) is 13.8. The van der Waals surface area contributed by atoms with Gasteiger partial charge in [0.2, 0.25) is 9.84 Å². The van der Waals surface area contributed by atoms with E-state index in [4.69, 9.17) is 11.6 Å². The number of sulfone groups is 1. The van der Waals surface area contributed by atoms with E-state index in [1.165, 1.54) is 29.2 Å². The van der Waals surface area contributed by atoms with Crippen molar-refractivity contribution in [1.29, 1.82) is 0 Å². The molecule has 0 aliphatic heterocycles. The Hall–Kier alpha value is -2.71. The second kappa shape index (κ2) is 11.1. The van der Waals surface area contributed by atoms with Crippen LogP contribution in [0.2, 0.25) is 5.02 Å². The normalized spacial score (nSPS) is 13.3. The summed E-state index contributed by atoms with van der Waals surface area (Å²) in [5.74, 6) is -0.184. The van der Waals surface area contributed by atoms with Gasteiger partial charge in [-0.1, -0.05) is 35.9 Å². The Morgan fingerprint density at radius 2 is 1.59 bits per heavy atom. The highest BCUT2D eigenvalue weighted by molar-refractivity contribution is 7.91. The van der Waals surface area contributed by atoms with Gasteiger partial charge in [0, 0.05) is 37.3 Å². The molecule has 0 heterocycles. The van der Waals surface area contributed by atoms with Crippen molar-refractivity contribution in [3.8, 4) is 0 Å². The molecule has 0 saturated carbocycles. The Morgan fingerprint density at radius 3 is 2.15 bits per heavy atom. The summed E-state index contributed by atoms with van der Waals surface area (Å²) in [5.41, 5.74) is 2.16. The monoisotopic (exact) mass is 500 g/mol. The Bertz CT molecular complexity index is 1230. The summed E-state index contributed by atoms with van der Waals surface area (Å²) < 4.78 is 25.9. The zero-order chi connectivity index (χ0) is 24.9.